The van der Waals surface area contributed by atoms with E-state index >= 15 is 0 Å². The van der Waals surface area contributed by atoms with E-state index in [0.29, 0.717) is 0 Å². The molecule has 10 rings (SSSR count). The van der Waals surface area contributed by atoms with E-state index in [1.807, 2.05) is 0 Å². The molecule has 2 heteroatoms. The summed E-state index contributed by atoms with van der Waals surface area (Å²) in [5.41, 5.74) is 12.8. The van der Waals surface area contributed by atoms with E-state index in [0.717, 1.165) is 0 Å². The number of benzene rings is 7. The van der Waals surface area contributed by atoms with Crippen LogP contribution < -0.4 is 0 Å². The topological polar surface area (TPSA) is 9.86 Å². The van der Waals surface area contributed by atoms with Crippen molar-refractivity contribution >= 4 is 54.4 Å². The van der Waals surface area contributed by atoms with Gasteiger partial charge in [-0.3, -0.25) is 0 Å². The van der Waals surface area contributed by atoms with Gasteiger partial charge in [0.05, 0.1) is 27.8 Å². The molecular formula is C43H30N2. The van der Waals surface area contributed by atoms with Crippen LogP contribution in [-0.2, 0) is 5.41 Å². The Balaban J connectivity index is 1.33. The van der Waals surface area contributed by atoms with Crippen molar-refractivity contribution in [1.82, 2.24) is 9.13 Å². The average Bonchev–Trinajstić information content (AvgIpc) is 3.67. The zero-order valence-electron chi connectivity index (χ0n) is 25.3. The highest BCUT2D eigenvalue weighted by atomic mass is 15.0. The summed E-state index contributed by atoms with van der Waals surface area (Å²) in [6.45, 7) is 4.73. The molecule has 0 unspecified atom stereocenters. The smallest absolute Gasteiger partial charge is 0.0562 e. The molecule has 0 bridgehead atoms. The number of para-hydroxylation sites is 2. The molecule has 2 nitrogen and oxygen atoms in total. The van der Waals surface area contributed by atoms with E-state index < -0.39 is 0 Å². The lowest BCUT2D eigenvalue weighted by Crippen LogP contribution is -2.14. The molecule has 0 saturated carbocycles. The van der Waals surface area contributed by atoms with Gasteiger partial charge in [-0.25, -0.2) is 0 Å². The third kappa shape index (κ3) is 3.24. The maximum atomic E-state index is 2.51. The lowest BCUT2D eigenvalue weighted by atomic mass is 9.82. The van der Waals surface area contributed by atoms with E-state index in [-0.39, 0.29) is 5.41 Å². The predicted octanol–water partition coefficient (Wildman–Crippen LogP) is 11.3. The fourth-order valence-corrected chi connectivity index (χ4v) is 8.20. The highest BCUT2D eigenvalue weighted by Crippen LogP contribution is 2.51. The molecule has 1 aliphatic carbocycles. The molecule has 0 spiro atoms. The molecule has 7 aromatic carbocycles. The van der Waals surface area contributed by atoms with Crippen molar-refractivity contribution in [3.8, 4) is 22.5 Å². The normalized spacial score (nSPS) is 13.7. The summed E-state index contributed by atoms with van der Waals surface area (Å²) < 4.78 is 4.95. The van der Waals surface area contributed by atoms with E-state index in [9.17, 15) is 0 Å². The average molecular weight is 575 g/mol. The second-order valence-corrected chi connectivity index (χ2v) is 13.0. The second-order valence-electron chi connectivity index (χ2n) is 13.0. The Morgan fingerprint density at radius 3 is 1.98 bits per heavy atom. The van der Waals surface area contributed by atoms with Gasteiger partial charge in [0.1, 0.15) is 0 Å². The molecule has 1 aliphatic rings. The quantitative estimate of drug-likeness (QED) is 0.194. The minimum Gasteiger partial charge on any atom is -0.309 e. The molecule has 0 atom stereocenters. The highest BCUT2D eigenvalue weighted by molar-refractivity contribution is 6.17. The zero-order chi connectivity index (χ0) is 29.9. The summed E-state index contributed by atoms with van der Waals surface area (Å²) in [7, 11) is 0. The van der Waals surface area contributed by atoms with Crippen LogP contribution in [0.1, 0.15) is 25.0 Å². The summed E-state index contributed by atoms with van der Waals surface area (Å²) >= 11 is 0. The number of fused-ring (bicyclic) bond motifs is 10. The van der Waals surface area contributed by atoms with Crippen molar-refractivity contribution in [1.29, 1.82) is 0 Å². The largest absolute Gasteiger partial charge is 0.309 e. The zero-order valence-corrected chi connectivity index (χ0v) is 25.3. The minimum atomic E-state index is -0.0450. The lowest BCUT2D eigenvalue weighted by molar-refractivity contribution is 0.661. The molecule has 0 amide bonds. The molecule has 0 fully saturated rings. The van der Waals surface area contributed by atoms with Crippen molar-refractivity contribution in [2.45, 2.75) is 19.3 Å². The molecule has 212 valence electrons. The van der Waals surface area contributed by atoms with Gasteiger partial charge in [0, 0.05) is 32.6 Å². The Bertz CT molecular complexity index is 2680. The van der Waals surface area contributed by atoms with Crippen molar-refractivity contribution in [3.05, 3.63) is 157 Å². The third-order valence-corrected chi connectivity index (χ3v) is 10.3. The molecule has 2 aromatic heterocycles. The van der Waals surface area contributed by atoms with Crippen LogP contribution in [0, 0.1) is 0 Å². The van der Waals surface area contributed by atoms with Gasteiger partial charge in [0.25, 0.3) is 0 Å². The molecule has 45 heavy (non-hydrogen) atoms. The van der Waals surface area contributed by atoms with Gasteiger partial charge in [0.15, 0.2) is 0 Å². The maximum absolute atomic E-state index is 2.51. The van der Waals surface area contributed by atoms with Crippen LogP contribution >= 0.6 is 0 Å². The van der Waals surface area contributed by atoms with Crippen LogP contribution in [0.15, 0.2) is 146 Å². The Morgan fingerprint density at radius 1 is 0.422 bits per heavy atom. The fraction of sp³-hybridized carbons (Fsp3) is 0.0698. The minimum absolute atomic E-state index is 0.0450. The maximum Gasteiger partial charge on any atom is 0.0562 e. The molecule has 0 saturated heterocycles. The Labute approximate surface area is 261 Å². The first kappa shape index (κ1) is 24.8. The van der Waals surface area contributed by atoms with Crippen LogP contribution in [0.5, 0.6) is 0 Å². The predicted molar refractivity (Wildman–Crippen MR) is 190 cm³/mol. The lowest BCUT2D eigenvalue weighted by Gasteiger charge is -2.21. The summed E-state index contributed by atoms with van der Waals surface area (Å²) in [4.78, 5) is 0. The van der Waals surface area contributed by atoms with Crippen LogP contribution in [-0.4, -0.2) is 9.13 Å². The summed E-state index contributed by atoms with van der Waals surface area (Å²) in [5, 5.41) is 7.62. The first-order chi connectivity index (χ1) is 22.1. The Kier molecular flexibility index (Phi) is 4.82. The van der Waals surface area contributed by atoms with Crippen LogP contribution in [0.3, 0.4) is 0 Å². The summed E-state index contributed by atoms with van der Waals surface area (Å²) in [6, 6.07) is 53.9. The molecule has 9 aromatic rings. The molecule has 2 heterocycles. The van der Waals surface area contributed by atoms with E-state index in [1.165, 1.54) is 88.0 Å². The first-order valence-corrected chi connectivity index (χ1v) is 15.8. The van der Waals surface area contributed by atoms with E-state index in [4.69, 9.17) is 0 Å². The number of nitrogens with zero attached hydrogens (tertiary/aromatic N) is 2. The van der Waals surface area contributed by atoms with Crippen molar-refractivity contribution in [2.24, 2.45) is 0 Å². The van der Waals surface area contributed by atoms with Crippen molar-refractivity contribution < 1.29 is 0 Å². The van der Waals surface area contributed by atoms with Gasteiger partial charge in [-0.1, -0.05) is 111 Å². The number of aromatic nitrogens is 2. The monoisotopic (exact) mass is 574 g/mol. The third-order valence-electron chi connectivity index (χ3n) is 10.3. The molecular weight excluding hydrogens is 544 g/mol. The number of rotatable bonds is 2. The van der Waals surface area contributed by atoms with Crippen molar-refractivity contribution in [2.75, 3.05) is 0 Å². The molecule has 0 radical (unpaired) electrons. The van der Waals surface area contributed by atoms with Gasteiger partial charge < -0.3 is 9.13 Å². The van der Waals surface area contributed by atoms with E-state index in [1.54, 1.807) is 0 Å². The van der Waals surface area contributed by atoms with E-state index in [2.05, 4.69) is 169 Å². The Morgan fingerprint density at radius 2 is 1.11 bits per heavy atom. The van der Waals surface area contributed by atoms with Gasteiger partial charge >= 0.3 is 0 Å². The number of hydrogen-bond donors (Lipinski definition) is 0. The molecule has 0 N–H and O–H groups in total. The van der Waals surface area contributed by atoms with Gasteiger partial charge in [-0.2, -0.15) is 0 Å². The second kappa shape index (κ2) is 8.74. The van der Waals surface area contributed by atoms with Gasteiger partial charge in [-0.05, 0) is 81.6 Å². The number of hydrogen-bond acceptors (Lipinski definition) is 0. The first-order valence-electron chi connectivity index (χ1n) is 15.8. The van der Waals surface area contributed by atoms with Gasteiger partial charge in [0.2, 0.25) is 0 Å². The van der Waals surface area contributed by atoms with Crippen LogP contribution in [0.2, 0.25) is 0 Å². The fourth-order valence-electron chi connectivity index (χ4n) is 8.20. The summed E-state index contributed by atoms with van der Waals surface area (Å²) in [6.07, 6.45) is 0. The molecule has 0 aliphatic heterocycles. The van der Waals surface area contributed by atoms with Crippen LogP contribution in [0.25, 0.3) is 76.9 Å². The van der Waals surface area contributed by atoms with Crippen molar-refractivity contribution in [3.63, 3.8) is 0 Å². The Hall–Kier alpha value is -5.60. The highest BCUT2D eigenvalue weighted by Gasteiger charge is 2.36. The standard InChI is InChI=1S/C43H30N2/c1-43(2)35-17-8-5-14-30(35)33-26-41-34(25-36(33)43)31-15-6-9-18-37(31)45(41)40-21-11-20-39-42(40)32-16-7-10-19-38(32)44(39)29-23-22-27-12-3-4-13-28(27)24-29/h3-26H,1-2H3. The summed E-state index contributed by atoms with van der Waals surface area (Å²) in [5.74, 6) is 0. The SMILES string of the molecule is CC1(C)c2ccccc2-c2cc3c(cc21)c1ccccc1n3-c1cccc2c1c1ccccc1n2-c1ccc2ccccc2c1. The van der Waals surface area contributed by atoms with Crippen LogP contribution in [0.4, 0.5) is 0 Å². The van der Waals surface area contributed by atoms with Gasteiger partial charge in [-0.15, -0.1) is 0 Å².